The Morgan fingerprint density at radius 3 is 2.79 bits per heavy atom. The molecule has 94 valence electrons. The molecule has 0 atom stereocenters. The van der Waals surface area contributed by atoms with Crippen molar-refractivity contribution < 1.29 is 0 Å². The summed E-state index contributed by atoms with van der Waals surface area (Å²) in [5, 5.41) is 1.22. The lowest BCUT2D eigenvalue weighted by atomic mass is 10.1. The van der Waals surface area contributed by atoms with Crippen LogP contribution in [-0.2, 0) is 5.75 Å². The molecule has 0 aliphatic carbocycles. The number of aromatic nitrogens is 1. The monoisotopic (exact) mass is 266 g/mol. The third-order valence-corrected chi connectivity index (χ3v) is 4.03. The molecule has 0 aliphatic heterocycles. The predicted octanol–water partition coefficient (Wildman–Crippen LogP) is 4.11. The predicted molar refractivity (Wildman–Crippen MR) is 82.2 cm³/mol. The van der Waals surface area contributed by atoms with E-state index in [1.54, 1.807) is 11.8 Å². The molecule has 2 nitrogen and oxygen atoms in total. The highest BCUT2D eigenvalue weighted by molar-refractivity contribution is 7.98. The second-order valence-corrected chi connectivity index (χ2v) is 5.40. The minimum Gasteiger partial charge on any atom is -0.399 e. The van der Waals surface area contributed by atoms with Crippen LogP contribution in [0.5, 0.6) is 0 Å². The SMILES string of the molecule is Nc1cccc(SCc2ccnc3ccccc23)c1. The highest BCUT2D eigenvalue weighted by atomic mass is 32.2. The van der Waals surface area contributed by atoms with E-state index in [4.69, 9.17) is 5.73 Å². The van der Waals surface area contributed by atoms with Crippen molar-refractivity contribution in [3.05, 3.63) is 66.4 Å². The Kier molecular flexibility index (Phi) is 3.38. The van der Waals surface area contributed by atoms with Gasteiger partial charge in [0, 0.05) is 27.9 Å². The number of nitrogens with zero attached hydrogens (tertiary/aromatic N) is 1. The molecule has 0 radical (unpaired) electrons. The number of nitrogens with two attached hydrogens (primary N) is 1. The number of fused-ring (bicyclic) bond motifs is 1. The number of hydrogen-bond donors (Lipinski definition) is 1. The normalized spacial score (nSPS) is 10.7. The topological polar surface area (TPSA) is 38.9 Å². The molecule has 0 spiro atoms. The van der Waals surface area contributed by atoms with Gasteiger partial charge >= 0.3 is 0 Å². The molecule has 0 aliphatic rings. The zero-order valence-electron chi connectivity index (χ0n) is 10.4. The van der Waals surface area contributed by atoms with Crippen molar-refractivity contribution in [2.75, 3.05) is 5.73 Å². The van der Waals surface area contributed by atoms with Gasteiger partial charge in [-0.3, -0.25) is 4.98 Å². The number of hydrogen-bond acceptors (Lipinski definition) is 3. The summed E-state index contributed by atoms with van der Waals surface area (Å²) in [6.45, 7) is 0. The summed E-state index contributed by atoms with van der Waals surface area (Å²) in [6.07, 6.45) is 1.87. The third kappa shape index (κ3) is 2.71. The zero-order chi connectivity index (χ0) is 13.1. The molecule has 2 N–H and O–H groups in total. The van der Waals surface area contributed by atoms with Crippen molar-refractivity contribution in [3.8, 4) is 0 Å². The highest BCUT2D eigenvalue weighted by Crippen LogP contribution is 2.27. The Morgan fingerprint density at radius 1 is 1.00 bits per heavy atom. The van der Waals surface area contributed by atoms with Crippen LogP contribution in [-0.4, -0.2) is 4.98 Å². The van der Waals surface area contributed by atoms with Gasteiger partial charge in [-0.1, -0.05) is 24.3 Å². The van der Waals surface area contributed by atoms with Crippen molar-refractivity contribution in [1.29, 1.82) is 0 Å². The largest absolute Gasteiger partial charge is 0.399 e. The van der Waals surface area contributed by atoms with E-state index >= 15 is 0 Å². The molecule has 0 unspecified atom stereocenters. The summed E-state index contributed by atoms with van der Waals surface area (Å²) in [5.74, 6) is 0.923. The van der Waals surface area contributed by atoms with Crippen molar-refractivity contribution >= 4 is 28.4 Å². The van der Waals surface area contributed by atoms with Gasteiger partial charge in [-0.15, -0.1) is 11.8 Å². The summed E-state index contributed by atoms with van der Waals surface area (Å²) in [6, 6.07) is 18.3. The molecule has 2 aromatic carbocycles. The van der Waals surface area contributed by atoms with E-state index in [0.29, 0.717) is 0 Å². The quantitative estimate of drug-likeness (QED) is 0.573. The molecule has 1 heterocycles. The molecule has 0 saturated carbocycles. The molecule has 1 aromatic heterocycles. The van der Waals surface area contributed by atoms with Crippen LogP contribution in [0.1, 0.15) is 5.56 Å². The Bertz CT molecular complexity index is 704. The van der Waals surface area contributed by atoms with Crippen LogP contribution in [0.2, 0.25) is 0 Å². The first-order valence-electron chi connectivity index (χ1n) is 6.14. The Morgan fingerprint density at radius 2 is 1.89 bits per heavy atom. The maximum absolute atomic E-state index is 5.79. The van der Waals surface area contributed by atoms with Gasteiger partial charge in [0.25, 0.3) is 0 Å². The number of benzene rings is 2. The van der Waals surface area contributed by atoms with Crippen LogP contribution < -0.4 is 5.73 Å². The van der Waals surface area contributed by atoms with E-state index < -0.39 is 0 Å². The second kappa shape index (κ2) is 5.33. The summed E-state index contributed by atoms with van der Waals surface area (Å²) < 4.78 is 0. The van der Waals surface area contributed by atoms with E-state index in [1.165, 1.54) is 15.8 Å². The van der Waals surface area contributed by atoms with Crippen molar-refractivity contribution in [3.63, 3.8) is 0 Å². The third-order valence-electron chi connectivity index (χ3n) is 2.99. The Hall–Kier alpha value is -2.00. The Balaban J connectivity index is 1.86. The summed E-state index contributed by atoms with van der Waals surface area (Å²) >= 11 is 1.79. The fourth-order valence-corrected chi connectivity index (χ4v) is 3.01. The standard InChI is InChI=1S/C16H14N2S/c17-13-4-3-5-14(10-13)19-11-12-8-9-18-16-7-2-1-6-15(12)16/h1-10H,11,17H2. The average molecular weight is 266 g/mol. The van der Waals surface area contributed by atoms with Crippen molar-refractivity contribution in [1.82, 2.24) is 4.98 Å². The minimum absolute atomic E-state index is 0.810. The van der Waals surface area contributed by atoms with Gasteiger partial charge in [-0.25, -0.2) is 0 Å². The van der Waals surface area contributed by atoms with E-state index in [2.05, 4.69) is 29.2 Å². The van der Waals surface area contributed by atoms with E-state index in [1.807, 2.05) is 36.5 Å². The molecular formula is C16H14N2S. The second-order valence-electron chi connectivity index (χ2n) is 4.35. The lowest BCUT2D eigenvalue weighted by Gasteiger charge is -2.06. The van der Waals surface area contributed by atoms with Crippen LogP contribution in [0.3, 0.4) is 0 Å². The van der Waals surface area contributed by atoms with Crippen molar-refractivity contribution in [2.24, 2.45) is 0 Å². The van der Waals surface area contributed by atoms with Gasteiger partial charge in [-0.2, -0.15) is 0 Å². The molecule has 19 heavy (non-hydrogen) atoms. The van der Waals surface area contributed by atoms with Crippen LogP contribution in [0.4, 0.5) is 5.69 Å². The smallest absolute Gasteiger partial charge is 0.0705 e. The first-order valence-corrected chi connectivity index (χ1v) is 7.12. The lowest BCUT2D eigenvalue weighted by Crippen LogP contribution is -1.87. The van der Waals surface area contributed by atoms with E-state index in [0.717, 1.165) is 17.0 Å². The maximum atomic E-state index is 5.79. The number of thioether (sulfide) groups is 1. The molecule has 0 saturated heterocycles. The van der Waals surface area contributed by atoms with Crippen LogP contribution in [0.15, 0.2) is 65.7 Å². The summed E-state index contributed by atoms with van der Waals surface area (Å²) in [7, 11) is 0. The number of para-hydroxylation sites is 1. The molecule has 3 heteroatoms. The average Bonchev–Trinajstić information content (AvgIpc) is 2.45. The summed E-state index contributed by atoms with van der Waals surface area (Å²) in [4.78, 5) is 5.58. The molecule has 0 bridgehead atoms. The fourth-order valence-electron chi connectivity index (χ4n) is 2.05. The van der Waals surface area contributed by atoms with Gasteiger partial charge in [0.1, 0.15) is 0 Å². The molecule has 0 fully saturated rings. The van der Waals surface area contributed by atoms with Gasteiger partial charge in [0.2, 0.25) is 0 Å². The van der Waals surface area contributed by atoms with E-state index in [-0.39, 0.29) is 0 Å². The molecule has 3 rings (SSSR count). The number of rotatable bonds is 3. The number of pyridine rings is 1. The lowest BCUT2D eigenvalue weighted by molar-refractivity contribution is 1.34. The first-order chi connectivity index (χ1) is 9.33. The van der Waals surface area contributed by atoms with E-state index in [9.17, 15) is 0 Å². The zero-order valence-corrected chi connectivity index (χ0v) is 11.2. The van der Waals surface area contributed by atoms with Crippen LogP contribution >= 0.6 is 11.8 Å². The maximum Gasteiger partial charge on any atom is 0.0705 e. The first kappa shape index (κ1) is 12.1. The van der Waals surface area contributed by atoms with Crippen molar-refractivity contribution in [2.45, 2.75) is 10.6 Å². The molecular weight excluding hydrogens is 252 g/mol. The number of nitrogen functional groups attached to an aromatic ring is 1. The Labute approximate surface area is 116 Å². The molecule has 3 aromatic rings. The van der Waals surface area contributed by atoms with Gasteiger partial charge in [0.15, 0.2) is 0 Å². The van der Waals surface area contributed by atoms with Gasteiger partial charge < -0.3 is 5.73 Å². The minimum atomic E-state index is 0.810. The molecule has 0 amide bonds. The number of anilines is 1. The fraction of sp³-hybridized carbons (Fsp3) is 0.0625. The van der Waals surface area contributed by atoms with Gasteiger partial charge in [-0.05, 0) is 35.9 Å². The highest BCUT2D eigenvalue weighted by Gasteiger charge is 2.02. The van der Waals surface area contributed by atoms with Crippen LogP contribution in [0.25, 0.3) is 10.9 Å². The van der Waals surface area contributed by atoms with Crippen LogP contribution in [0, 0.1) is 0 Å². The van der Waals surface area contributed by atoms with Gasteiger partial charge in [0.05, 0.1) is 5.52 Å². The summed E-state index contributed by atoms with van der Waals surface area (Å²) in [5.41, 5.74) is 8.96.